The van der Waals surface area contributed by atoms with Gasteiger partial charge in [-0.2, -0.15) is 0 Å². The Morgan fingerprint density at radius 2 is 1.80 bits per heavy atom. The largest absolute Gasteiger partial charge is 0.507 e. The van der Waals surface area contributed by atoms with Crippen molar-refractivity contribution in [2.45, 2.75) is 6.54 Å². The lowest BCUT2D eigenvalue weighted by molar-refractivity contribution is 0.0784. The molecule has 1 amide bonds. The highest BCUT2D eigenvalue weighted by atomic mass is 79.9. The Labute approximate surface area is 134 Å². The molecule has 0 radical (unpaired) electrons. The van der Waals surface area contributed by atoms with Gasteiger partial charge in [-0.05, 0) is 51.8 Å². The van der Waals surface area contributed by atoms with E-state index < -0.39 is 0 Å². The first-order chi connectivity index (χ1) is 9.47. The van der Waals surface area contributed by atoms with Crippen LogP contribution in [0.2, 0.25) is 0 Å². The number of amides is 1. The number of phenols is 1. The first kappa shape index (κ1) is 15.1. The van der Waals surface area contributed by atoms with Crippen LogP contribution in [0.4, 0.5) is 0 Å². The highest BCUT2D eigenvalue weighted by Crippen LogP contribution is 2.25. The molecule has 2 rings (SSSR count). The summed E-state index contributed by atoms with van der Waals surface area (Å²) < 4.78 is 1.58. The molecule has 0 aromatic heterocycles. The molecule has 0 fully saturated rings. The Balaban J connectivity index is 2.11. The van der Waals surface area contributed by atoms with E-state index in [9.17, 15) is 9.90 Å². The number of carbonyl (C=O) groups excluding carboxylic acids is 1. The Kier molecular flexibility index (Phi) is 4.83. The van der Waals surface area contributed by atoms with Gasteiger partial charge in [0.1, 0.15) is 5.75 Å². The van der Waals surface area contributed by atoms with Gasteiger partial charge in [0.15, 0.2) is 0 Å². The average molecular weight is 399 g/mol. The number of hydrogen-bond donors (Lipinski definition) is 1. The lowest BCUT2D eigenvalue weighted by Gasteiger charge is -2.17. The number of phenolic OH excluding ortho intramolecular Hbond substituents is 1. The summed E-state index contributed by atoms with van der Waals surface area (Å²) in [6, 6.07) is 12.6. The maximum Gasteiger partial charge on any atom is 0.254 e. The molecule has 0 saturated carbocycles. The monoisotopic (exact) mass is 397 g/mol. The third kappa shape index (κ3) is 3.61. The zero-order valence-electron chi connectivity index (χ0n) is 10.8. The van der Waals surface area contributed by atoms with Gasteiger partial charge in [-0.15, -0.1) is 0 Å². The quantitative estimate of drug-likeness (QED) is 0.841. The van der Waals surface area contributed by atoms with E-state index in [-0.39, 0.29) is 11.7 Å². The van der Waals surface area contributed by atoms with Gasteiger partial charge in [0.05, 0.1) is 4.47 Å². The lowest BCUT2D eigenvalue weighted by Crippen LogP contribution is -2.26. The van der Waals surface area contributed by atoms with Gasteiger partial charge in [0.2, 0.25) is 0 Å². The zero-order valence-corrected chi connectivity index (χ0v) is 14.0. The zero-order chi connectivity index (χ0) is 14.7. The van der Waals surface area contributed by atoms with Crippen LogP contribution in [-0.2, 0) is 6.54 Å². The van der Waals surface area contributed by atoms with Crippen LogP contribution in [-0.4, -0.2) is 23.0 Å². The van der Waals surface area contributed by atoms with Crippen LogP contribution in [0.5, 0.6) is 5.75 Å². The van der Waals surface area contributed by atoms with E-state index in [4.69, 9.17) is 0 Å². The molecule has 0 aliphatic carbocycles. The maximum atomic E-state index is 12.3. The van der Waals surface area contributed by atoms with E-state index in [0.29, 0.717) is 16.6 Å². The minimum Gasteiger partial charge on any atom is -0.507 e. The normalized spacial score (nSPS) is 10.3. The van der Waals surface area contributed by atoms with Gasteiger partial charge in [-0.25, -0.2) is 0 Å². The maximum absolute atomic E-state index is 12.3. The van der Waals surface area contributed by atoms with Crippen molar-refractivity contribution in [2.24, 2.45) is 0 Å². The van der Waals surface area contributed by atoms with Crippen LogP contribution in [0, 0.1) is 0 Å². The second-order valence-electron chi connectivity index (χ2n) is 4.45. The van der Waals surface area contributed by atoms with Gasteiger partial charge in [0, 0.05) is 23.6 Å². The Morgan fingerprint density at radius 1 is 1.15 bits per heavy atom. The standard InChI is InChI=1S/C15H13Br2NO2/c1-18(9-10-2-5-12(16)6-3-10)15(20)11-4-7-13(17)14(19)8-11/h2-8,19H,9H2,1H3. The molecule has 0 aliphatic heterocycles. The molecular formula is C15H13Br2NO2. The van der Waals surface area contributed by atoms with E-state index in [0.717, 1.165) is 10.0 Å². The fraction of sp³-hybridized carbons (Fsp3) is 0.133. The predicted octanol–water partition coefficient (Wildman–Crippen LogP) is 4.19. The summed E-state index contributed by atoms with van der Waals surface area (Å²) >= 11 is 6.58. The van der Waals surface area contributed by atoms with Crippen molar-refractivity contribution in [3.63, 3.8) is 0 Å². The molecule has 0 atom stereocenters. The molecule has 0 aliphatic rings. The first-order valence-electron chi connectivity index (χ1n) is 5.96. The minimum absolute atomic E-state index is 0.0629. The fourth-order valence-electron chi connectivity index (χ4n) is 1.80. The fourth-order valence-corrected chi connectivity index (χ4v) is 2.31. The third-order valence-corrected chi connectivity index (χ3v) is 4.07. The van der Waals surface area contributed by atoms with Crippen molar-refractivity contribution in [1.29, 1.82) is 0 Å². The molecule has 104 valence electrons. The highest BCUT2D eigenvalue weighted by Gasteiger charge is 2.13. The Bertz CT molecular complexity index is 626. The minimum atomic E-state index is -0.129. The number of nitrogens with zero attached hydrogens (tertiary/aromatic N) is 1. The summed E-state index contributed by atoms with van der Waals surface area (Å²) in [5.74, 6) is -0.0661. The molecule has 0 unspecified atom stereocenters. The lowest BCUT2D eigenvalue weighted by atomic mass is 10.1. The number of hydrogen-bond acceptors (Lipinski definition) is 2. The van der Waals surface area contributed by atoms with Crippen LogP contribution in [0.1, 0.15) is 15.9 Å². The Morgan fingerprint density at radius 3 is 2.40 bits per heavy atom. The van der Waals surface area contributed by atoms with Crippen LogP contribution in [0.15, 0.2) is 51.4 Å². The summed E-state index contributed by atoms with van der Waals surface area (Å²) in [5.41, 5.74) is 1.51. The summed E-state index contributed by atoms with van der Waals surface area (Å²) in [6.07, 6.45) is 0. The van der Waals surface area contributed by atoms with Crippen LogP contribution in [0.25, 0.3) is 0 Å². The second-order valence-corrected chi connectivity index (χ2v) is 6.22. The van der Waals surface area contributed by atoms with E-state index in [1.165, 1.54) is 6.07 Å². The summed E-state index contributed by atoms with van der Waals surface area (Å²) in [5, 5.41) is 9.63. The molecule has 2 aromatic carbocycles. The highest BCUT2D eigenvalue weighted by molar-refractivity contribution is 9.10. The van der Waals surface area contributed by atoms with Gasteiger partial charge in [-0.1, -0.05) is 28.1 Å². The topological polar surface area (TPSA) is 40.5 Å². The molecule has 0 bridgehead atoms. The third-order valence-electron chi connectivity index (χ3n) is 2.87. The summed E-state index contributed by atoms with van der Waals surface area (Å²) in [6.45, 7) is 0.517. The number of halogens is 2. The first-order valence-corrected chi connectivity index (χ1v) is 7.54. The number of carbonyl (C=O) groups is 1. The average Bonchev–Trinajstić information content (AvgIpc) is 2.43. The van der Waals surface area contributed by atoms with Gasteiger partial charge in [-0.3, -0.25) is 4.79 Å². The van der Waals surface area contributed by atoms with Crippen molar-refractivity contribution in [2.75, 3.05) is 7.05 Å². The Hall–Kier alpha value is -1.33. The second kappa shape index (κ2) is 6.41. The van der Waals surface area contributed by atoms with Crippen LogP contribution in [0.3, 0.4) is 0 Å². The van der Waals surface area contributed by atoms with Gasteiger partial charge >= 0.3 is 0 Å². The molecule has 2 aromatic rings. The molecule has 0 spiro atoms. The number of rotatable bonds is 3. The van der Waals surface area contributed by atoms with Crippen molar-refractivity contribution in [3.8, 4) is 5.75 Å². The number of aromatic hydroxyl groups is 1. The molecule has 3 nitrogen and oxygen atoms in total. The van der Waals surface area contributed by atoms with Crippen molar-refractivity contribution >= 4 is 37.8 Å². The summed E-state index contributed by atoms with van der Waals surface area (Å²) in [4.78, 5) is 13.9. The SMILES string of the molecule is CN(Cc1ccc(Br)cc1)C(=O)c1ccc(Br)c(O)c1. The molecule has 5 heteroatoms. The van der Waals surface area contributed by atoms with E-state index in [2.05, 4.69) is 31.9 Å². The van der Waals surface area contributed by atoms with Crippen molar-refractivity contribution in [3.05, 3.63) is 62.5 Å². The molecule has 1 N–H and O–H groups in total. The number of benzene rings is 2. The molecule has 20 heavy (non-hydrogen) atoms. The van der Waals surface area contributed by atoms with E-state index in [1.807, 2.05) is 24.3 Å². The summed E-state index contributed by atoms with van der Waals surface area (Å²) in [7, 11) is 1.74. The van der Waals surface area contributed by atoms with Crippen molar-refractivity contribution in [1.82, 2.24) is 4.90 Å². The van der Waals surface area contributed by atoms with Gasteiger partial charge in [0.25, 0.3) is 5.91 Å². The van der Waals surface area contributed by atoms with Crippen LogP contribution >= 0.6 is 31.9 Å². The van der Waals surface area contributed by atoms with E-state index in [1.54, 1.807) is 24.1 Å². The van der Waals surface area contributed by atoms with Crippen LogP contribution < -0.4 is 0 Å². The predicted molar refractivity (Wildman–Crippen MR) is 85.7 cm³/mol. The van der Waals surface area contributed by atoms with Gasteiger partial charge < -0.3 is 10.0 Å². The molecular weight excluding hydrogens is 386 g/mol. The smallest absolute Gasteiger partial charge is 0.254 e. The van der Waals surface area contributed by atoms with Crippen molar-refractivity contribution < 1.29 is 9.90 Å². The molecule has 0 saturated heterocycles. The molecule has 0 heterocycles. The van der Waals surface area contributed by atoms with E-state index >= 15 is 0 Å².